The standard InChI is InChI=1S/C13H18FN3O3/c14-10-2-1-9(11(5-10)12(15)17-19)6-16-7-13(18)3-4-20-8-13/h1-2,5,16,18-19H,3-4,6-8H2,(H2,15,17). The van der Waals surface area contributed by atoms with Crippen LogP contribution < -0.4 is 11.1 Å². The van der Waals surface area contributed by atoms with E-state index in [2.05, 4.69) is 10.5 Å². The first-order valence-corrected chi connectivity index (χ1v) is 6.31. The van der Waals surface area contributed by atoms with Crippen molar-refractivity contribution >= 4 is 5.84 Å². The smallest absolute Gasteiger partial charge is 0.170 e. The zero-order valence-electron chi connectivity index (χ0n) is 11.0. The third-order valence-electron chi connectivity index (χ3n) is 3.31. The summed E-state index contributed by atoms with van der Waals surface area (Å²) < 4.78 is 18.3. The Hall–Kier alpha value is -1.70. The van der Waals surface area contributed by atoms with Crippen LogP contribution in [-0.2, 0) is 11.3 Å². The van der Waals surface area contributed by atoms with Gasteiger partial charge in [0.1, 0.15) is 11.4 Å². The van der Waals surface area contributed by atoms with E-state index in [1.54, 1.807) is 6.07 Å². The number of rotatable bonds is 5. The van der Waals surface area contributed by atoms with Gasteiger partial charge >= 0.3 is 0 Å². The molecule has 1 heterocycles. The molecule has 0 spiro atoms. The van der Waals surface area contributed by atoms with E-state index < -0.39 is 11.4 Å². The van der Waals surface area contributed by atoms with Gasteiger partial charge in [-0.15, -0.1) is 0 Å². The Kier molecular flexibility index (Phi) is 4.53. The Morgan fingerprint density at radius 2 is 2.35 bits per heavy atom. The minimum atomic E-state index is -0.864. The molecule has 110 valence electrons. The Balaban J connectivity index is 2.02. The minimum absolute atomic E-state index is 0.149. The molecular formula is C13H18FN3O3. The molecule has 0 amide bonds. The van der Waals surface area contributed by atoms with Crippen molar-refractivity contribution in [2.75, 3.05) is 19.8 Å². The third kappa shape index (κ3) is 3.44. The van der Waals surface area contributed by atoms with Crippen LogP contribution >= 0.6 is 0 Å². The molecular weight excluding hydrogens is 265 g/mol. The molecule has 7 heteroatoms. The number of benzene rings is 1. The number of nitrogens with one attached hydrogen (secondary N) is 1. The second-order valence-corrected chi connectivity index (χ2v) is 4.92. The SMILES string of the molecule is N/C(=N/O)c1cc(F)ccc1CNCC1(O)CCOC1. The summed E-state index contributed by atoms with van der Waals surface area (Å²) in [5, 5.41) is 24.8. The maximum absolute atomic E-state index is 13.2. The molecule has 1 aromatic carbocycles. The minimum Gasteiger partial charge on any atom is -0.409 e. The molecule has 1 aliphatic rings. The highest BCUT2D eigenvalue weighted by Crippen LogP contribution is 2.17. The Bertz CT molecular complexity index is 502. The van der Waals surface area contributed by atoms with Crippen LogP contribution in [0, 0.1) is 5.82 Å². The highest BCUT2D eigenvalue weighted by atomic mass is 19.1. The summed E-state index contributed by atoms with van der Waals surface area (Å²) in [4.78, 5) is 0. The zero-order valence-corrected chi connectivity index (χ0v) is 11.0. The normalized spacial score (nSPS) is 23.2. The number of aliphatic hydroxyl groups is 1. The van der Waals surface area contributed by atoms with Crippen LogP contribution in [0.1, 0.15) is 17.5 Å². The van der Waals surface area contributed by atoms with E-state index in [1.807, 2.05) is 0 Å². The molecule has 0 aromatic heterocycles. The van der Waals surface area contributed by atoms with Gasteiger partial charge in [-0.25, -0.2) is 4.39 Å². The fourth-order valence-corrected chi connectivity index (χ4v) is 2.16. The lowest BCUT2D eigenvalue weighted by Gasteiger charge is -2.21. The average molecular weight is 283 g/mol. The van der Waals surface area contributed by atoms with Gasteiger partial charge in [-0.2, -0.15) is 0 Å². The summed E-state index contributed by atoms with van der Waals surface area (Å²) in [6, 6.07) is 4.07. The molecule has 0 bridgehead atoms. The molecule has 20 heavy (non-hydrogen) atoms. The van der Waals surface area contributed by atoms with Gasteiger partial charge in [-0.3, -0.25) is 0 Å². The van der Waals surface area contributed by atoms with Gasteiger partial charge in [-0.05, 0) is 17.7 Å². The number of halogens is 1. The van der Waals surface area contributed by atoms with Crippen LogP contribution in [0.2, 0.25) is 0 Å². The number of hydrogen-bond acceptors (Lipinski definition) is 5. The number of nitrogens with two attached hydrogens (primary N) is 1. The maximum Gasteiger partial charge on any atom is 0.170 e. The predicted octanol–water partition coefficient (Wildman–Crippen LogP) is 0.161. The van der Waals surface area contributed by atoms with Crippen molar-refractivity contribution < 1.29 is 19.4 Å². The largest absolute Gasteiger partial charge is 0.409 e. The van der Waals surface area contributed by atoms with Gasteiger partial charge in [0.25, 0.3) is 0 Å². The lowest BCUT2D eigenvalue weighted by atomic mass is 10.0. The number of ether oxygens (including phenoxy) is 1. The van der Waals surface area contributed by atoms with Crippen LogP contribution in [0.3, 0.4) is 0 Å². The lowest BCUT2D eigenvalue weighted by Crippen LogP contribution is -2.41. The van der Waals surface area contributed by atoms with E-state index in [0.29, 0.717) is 43.9 Å². The summed E-state index contributed by atoms with van der Waals surface area (Å²) >= 11 is 0. The third-order valence-corrected chi connectivity index (χ3v) is 3.31. The Labute approximate surface area is 116 Å². The highest BCUT2D eigenvalue weighted by Gasteiger charge is 2.31. The molecule has 0 saturated carbocycles. The fourth-order valence-electron chi connectivity index (χ4n) is 2.16. The first kappa shape index (κ1) is 14.7. The molecule has 1 saturated heterocycles. The van der Waals surface area contributed by atoms with Crippen LogP contribution in [0.4, 0.5) is 4.39 Å². The summed E-state index contributed by atoms with van der Waals surface area (Å²) in [6.45, 7) is 1.58. The molecule has 0 aliphatic carbocycles. The summed E-state index contributed by atoms with van der Waals surface area (Å²) in [5.41, 5.74) is 5.67. The summed E-state index contributed by atoms with van der Waals surface area (Å²) in [6.07, 6.45) is 0.580. The van der Waals surface area contributed by atoms with Gasteiger partial charge in [-0.1, -0.05) is 11.2 Å². The van der Waals surface area contributed by atoms with Crippen molar-refractivity contribution in [1.82, 2.24) is 5.32 Å². The van der Waals surface area contributed by atoms with E-state index in [9.17, 15) is 9.50 Å². The molecule has 6 nitrogen and oxygen atoms in total. The van der Waals surface area contributed by atoms with E-state index in [4.69, 9.17) is 15.7 Å². The van der Waals surface area contributed by atoms with Crippen LogP contribution in [-0.4, -0.2) is 41.5 Å². The molecule has 1 unspecified atom stereocenters. The molecule has 2 rings (SSSR count). The average Bonchev–Trinajstić information content (AvgIpc) is 2.86. The molecule has 1 fully saturated rings. The van der Waals surface area contributed by atoms with Gasteiger partial charge in [0.15, 0.2) is 5.84 Å². The first-order chi connectivity index (χ1) is 9.54. The van der Waals surface area contributed by atoms with Crippen molar-refractivity contribution in [3.05, 3.63) is 35.1 Å². The maximum atomic E-state index is 13.2. The monoisotopic (exact) mass is 283 g/mol. The number of oxime groups is 1. The second kappa shape index (κ2) is 6.17. The number of amidine groups is 1. The first-order valence-electron chi connectivity index (χ1n) is 6.31. The van der Waals surface area contributed by atoms with Crippen LogP contribution in [0.15, 0.2) is 23.4 Å². The van der Waals surface area contributed by atoms with E-state index in [-0.39, 0.29) is 5.84 Å². The highest BCUT2D eigenvalue weighted by molar-refractivity contribution is 5.98. The number of hydrogen-bond donors (Lipinski definition) is 4. The van der Waals surface area contributed by atoms with Crippen molar-refractivity contribution in [3.8, 4) is 0 Å². The van der Waals surface area contributed by atoms with E-state index >= 15 is 0 Å². The van der Waals surface area contributed by atoms with Crippen molar-refractivity contribution in [2.45, 2.75) is 18.6 Å². The van der Waals surface area contributed by atoms with Gasteiger partial charge < -0.3 is 26.1 Å². The fraction of sp³-hybridized carbons (Fsp3) is 0.462. The molecule has 0 radical (unpaired) electrons. The topological polar surface area (TPSA) is 100 Å². The molecule has 1 aliphatic heterocycles. The molecule has 1 atom stereocenters. The van der Waals surface area contributed by atoms with Crippen molar-refractivity contribution in [2.24, 2.45) is 10.9 Å². The summed E-state index contributed by atoms with van der Waals surface area (Å²) in [5.74, 6) is -0.609. The lowest BCUT2D eigenvalue weighted by molar-refractivity contribution is 0.0268. The van der Waals surface area contributed by atoms with Gasteiger partial charge in [0.2, 0.25) is 0 Å². The quantitative estimate of drug-likeness (QED) is 0.267. The predicted molar refractivity (Wildman–Crippen MR) is 71.0 cm³/mol. The van der Waals surface area contributed by atoms with Crippen molar-refractivity contribution in [3.63, 3.8) is 0 Å². The van der Waals surface area contributed by atoms with Crippen molar-refractivity contribution in [1.29, 1.82) is 0 Å². The summed E-state index contributed by atoms with van der Waals surface area (Å²) in [7, 11) is 0. The van der Waals surface area contributed by atoms with E-state index in [1.165, 1.54) is 12.1 Å². The molecule has 5 N–H and O–H groups in total. The molecule has 1 aromatic rings. The second-order valence-electron chi connectivity index (χ2n) is 4.92. The van der Waals surface area contributed by atoms with E-state index in [0.717, 1.165) is 0 Å². The number of nitrogens with zero attached hydrogens (tertiary/aromatic N) is 1. The van der Waals surface area contributed by atoms with Crippen LogP contribution in [0.5, 0.6) is 0 Å². The Morgan fingerprint density at radius 1 is 1.55 bits per heavy atom. The van der Waals surface area contributed by atoms with Gasteiger partial charge in [0, 0.05) is 31.7 Å². The van der Waals surface area contributed by atoms with Gasteiger partial charge in [0.05, 0.1) is 6.61 Å². The zero-order chi connectivity index (χ0) is 14.6. The Morgan fingerprint density at radius 3 is 3.00 bits per heavy atom. The van der Waals surface area contributed by atoms with Crippen LogP contribution in [0.25, 0.3) is 0 Å².